The predicted octanol–water partition coefficient (Wildman–Crippen LogP) is 4.05. The summed E-state index contributed by atoms with van der Waals surface area (Å²) in [4.78, 5) is 0. The van der Waals surface area contributed by atoms with E-state index >= 15 is 0 Å². The molecule has 2 nitrogen and oxygen atoms in total. The minimum absolute atomic E-state index is 0.0125. The Hall–Kier alpha value is -0.0151. The Kier molecular flexibility index (Phi) is 4.47. The van der Waals surface area contributed by atoms with Crippen LogP contribution in [0.3, 0.4) is 0 Å². The normalized spacial score (nSPS) is 24.8. The van der Waals surface area contributed by atoms with E-state index < -0.39 is 0 Å². The first-order chi connectivity index (χ1) is 7.34. The van der Waals surface area contributed by atoms with Crippen LogP contribution in [-0.4, -0.2) is 18.3 Å². The van der Waals surface area contributed by atoms with Crippen molar-refractivity contribution in [3.8, 4) is 0 Å². The molecule has 0 aromatic rings. The largest absolute Gasteiger partial charge is 0.461 e. The summed E-state index contributed by atoms with van der Waals surface area (Å²) in [6, 6.07) is 0. The van der Waals surface area contributed by atoms with Gasteiger partial charge >= 0.3 is 7.12 Å². The molecule has 0 spiro atoms. The molecule has 1 saturated heterocycles. The highest BCUT2D eigenvalue weighted by atomic mass is 16.7. The molecule has 1 aliphatic rings. The zero-order chi connectivity index (χ0) is 12.4. The van der Waals surface area contributed by atoms with Crippen molar-refractivity contribution in [1.29, 1.82) is 0 Å². The number of hydrogen-bond donors (Lipinski definition) is 0. The Morgan fingerprint density at radius 1 is 1.00 bits per heavy atom. The van der Waals surface area contributed by atoms with Gasteiger partial charge in [-0.3, -0.25) is 0 Å². The summed E-state index contributed by atoms with van der Waals surface area (Å²) >= 11 is 0. The van der Waals surface area contributed by atoms with Gasteiger partial charge in [-0.25, -0.2) is 0 Å². The zero-order valence-electron chi connectivity index (χ0n) is 11.8. The van der Waals surface area contributed by atoms with E-state index in [4.69, 9.17) is 9.31 Å². The van der Waals surface area contributed by atoms with Crippen LogP contribution in [0, 0.1) is 0 Å². The second-order valence-corrected chi connectivity index (χ2v) is 5.94. The SMILES string of the molecule is CCCC[C@H](CC)B1OC(C)(C)C(C)(C)O1. The van der Waals surface area contributed by atoms with E-state index in [0.717, 1.165) is 6.42 Å². The topological polar surface area (TPSA) is 18.5 Å². The van der Waals surface area contributed by atoms with Gasteiger partial charge in [-0.1, -0.05) is 39.5 Å². The van der Waals surface area contributed by atoms with Gasteiger partial charge in [0.1, 0.15) is 0 Å². The average molecular weight is 226 g/mol. The molecular weight excluding hydrogens is 199 g/mol. The number of rotatable bonds is 5. The molecule has 1 aliphatic heterocycles. The van der Waals surface area contributed by atoms with Crippen molar-refractivity contribution in [2.45, 2.75) is 84.2 Å². The van der Waals surface area contributed by atoms with Gasteiger partial charge in [0.25, 0.3) is 0 Å². The second-order valence-electron chi connectivity index (χ2n) is 5.94. The van der Waals surface area contributed by atoms with E-state index in [-0.39, 0.29) is 18.3 Å². The smallest absolute Gasteiger partial charge is 0.403 e. The van der Waals surface area contributed by atoms with Crippen molar-refractivity contribution in [2.75, 3.05) is 0 Å². The van der Waals surface area contributed by atoms with E-state index in [1.165, 1.54) is 19.3 Å². The maximum atomic E-state index is 6.09. The third-order valence-electron chi connectivity index (χ3n) is 4.11. The molecule has 0 unspecified atom stereocenters. The van der Waals surface area contributed by atoms with Gasteiger partial charge in [-0.2, -0.15) is 0 Å². The van der Waals surface area contributed by atoms with Crippen LogP contribution in [0.1, 0.15) is 67.2 Å². The third kappa shape index (κ3) is 2.81. The van der Waals surface area contributed by atoms with E-state index in [1.807, 2.05) is 0 Å². The first-order valence-electron chi connectivity index (χ1n) is 6.69. The maximum absolute atomic E-state index is 6.09. The summed E-state index contributed by atoms with van der Waals surface area (Å²) in [5.74, 6) is 0.543. The molecule has 1 fully saturated rings. The molecule has 0 radical (unpaired) electrons. The van der Waals surface area contributed by atoms with Crippen molar-refractivity contribution in [2.24, 2.45) is 0 Å². The number of hydrogen-bond acceptors (Lipinski definition) is 2. The standard InChI is InChI=1S/C13H27BO2/c1-7-9-10-11(8-2)14-15-12(3,4)13(5,6)16-14/h11H,7-10H2,1-6H3/t11-/m0/s1. The minimum atomic E-state index is -0.183. The molecule has 0 amide bonds. The summed E-state index contributed by atoms with van der Waals surface area (Å²) < 4.78 is 12.2. The molecule has 0 bridgehead atoms. The zero-order valence-corrected chi connectivity index (χ0v) is 11.8. The predicted molar refractivity (Wildman–Crippen MR) is 69.6 cm³/mol. The molecule has 1 rings (SSSR count). The average Bonchev–Trinajstić information content (AvgIpc) is 2.37. The van der Waals surface area contributed by atoms with Gasteiger partial charge in [-0.15, -0.1) is 0 Å². The van der Waals surface area contributed by atoms with Crippen molar-refractivity contribution < 1.29 is 9.31 Å². The van der Waals surface area contributed by atoms with Crippen LogP contribution >= 0.6 is 0 Å². The Labute approximate surface area is 101 Å². The molecular formula is C13H27BO2. The van der Waals surface area contributed by atoms with E-state index in [1.54, 1.807) is 0 Å². The summed E-state index contributed by atoms with van der Waals surface area (Å²) in [6.07, 6.45) is 4.86. The van der Waals surface area contributed by atoms with Crippen LogP contribution in [0.4, 0.5) is 0 Å². The molecule has 94 valence electrons. The molecule has 1 atom stereocenters. The summed E-state index contributed by atoms with van der Waals surface area (Å²) in [5.41, 5.74) is -0.366. The van der Waals surface area contributed by atoms with Crippen LogP contribution in [0.5, 0.6) is 0 Å². The van der Waals surface area contributed by atoms with Gasteiger partial charge in [0.05, 0.1) is 11.2 Å². The fourth-order valence-electron chi connectivity index (χ4n) is 2.08. The van der Waals surface area contributed by atoms with Crippen LogP contribution in [0.25, 0.3) is 0 Å². The first-order valence-corrected chi connectivity index (χ1v) is 6.69. The van der Waals surface area contributed by atoms with Gasteiger partial charge < -0.3 is 9.31 Å². The summed E-state index contributed by atoms with van der Waals surface area (Å²) in [6.45, 7) is 13.0. The van der Waals surface area contributed by atoms with Crippen molar-refractivity contribution in [3.05, 3.63) is 0 Å². The minimum Gasteiger partial charge on any atom is -0.403 e. The van der Waals surface area contributed by atoms with Crippen LogP contribution in [-0.2, 0) is 9.31 Å². The summed E-state index contributed by atoms with van der Waals surface area (Å²) in [7, 11) is -0.0125. The van der Waals surface area contributed by atoms with Gasteiger partial charge in [0.15, 0.2) is 0 Å². The highest BCUT2D eigenvalue weighted by Crippen LogP contribution is 2.41. The maximum Gasteiger partial charge on any atom is 0.461 e. The Morgan fingerprint density at radius 2 is 1.50 bits per heavy atom. The lowest BCUT2D eigenvalue weighted by Gasteiger charge is -2.32. The highest BCUT2D eigenvalue weighted by molar-refractivity contribution is 6.47. The van der Waals surface area contributed by atoms with E-state index in [0.29, 0.717) is 5.82 Å². The third-order valence-corrected chi connectivity index (χ3v) is 4.11. The lowest BCUT2D eigenvalue weighted by molar-refractivity contribution is 0.00578. The van der Waals surface area contributed by atoms with Crippen molar-refractivity contribution in [1.82, 2.24) is 0 Å². The van der Waals surface area contributed by atoms with Crippen LogP contribution < -0.4 is 0 Å². The first kappa shape index (κ1) is 14.0. The Morgan fingerprint density at radius 3 is 1.88 bits per heavy atom. The fraction of sp³-hybridized carbons (Fsp3) is 1.00. The summed E-state index contributed by atoms with van der Waals surface area (Å²) in [5, 5.41) is 0. The van der Waals surface area contributed by atoms with Crippen molar-refractivity contribution in [3.63, 3.8) is 0 Å². The molecule has 1 heterocycles. The van der Waals surface area contributed by atoms with Crippen LogP contribution in [0.15, 0.2) is 0 Å². The molecule has 0 aromatic heterocycles. The van der Waals surface area contributed by atoms with Crippen molar-refractivity contribution >= 4 is 7.12 Å². The van der Waals surface area contributed by atoms with Gasteiger partial charge in [0.2, 0.25) is 0 Å². The molecule has 0 N–H and O–H groups in total. The van der Waals surface area contributed by atoms with Gasteiger partial charge in [-0.05, 0) is 33.5 Å². The van der Waals surface area contributed by atoms with E-state index in [2.05, 4.69) is 41.5 Å². The molecule has 16 heavy (non-hydrogen) atoms. The lowest BCUT2D eigenvalue weighted by atomic mass is 9.68. The molecule has 0 aliphatic carbocycles. The van der Waals surface area contributed by atoms with E-state index in [9.17, 15) is 0 Å². The number of unbranched alkanes of at least 4 members (excludes halogenated alkanes) is 1. The molecule has 0 saturated carbocycles. The van der Waals surface area contributed by atoms with Crippen LogP contribution in [0.2, 0.25) is 5.82 Å². The quantitative estimate of drug-likeness (QED) is 0.658. The molecule has 0 aromatic carbocycles. The second kappa shape index (κ2) is 5.09. The Balaban J connectivity index is 2.62. The highest BCUT2D eigenvalue weighted by Gasteiger charge is 2.52. The Bertz CT molecular complexity index is 210. The molecule has 3 heteroatoms. The lowest BCUT2D eigenvalue weighted by Crippen LogP contribution is -2.41. The fourth-order valence-corrected chi connectivity index (χ4v) is 2.08. The monoisotopic (exact) mass is 226 g/mol. The van der Waals surface area contributed by atoms with Gasteiger partial charge in [0, 0.05) is 0 Å².